The number of nitriles is 1. The van der Waals surface area contributed by atoms with Gasteiger partial charge in [0.2, 0.25) is 5.89 Å². The van der Waals surface area contributed by atoms with Gasteiger partial charge in [0, 0.05) is 29.3 Å². The first-order valence-corrected chi connectivity index (χ1v) is 8.69. The van der Waals surface area contributed by atoms with Crippen molar-refractivity contribution >= 4 is 11.0 Å². The maximum absolute atomic E-state index is 9.36. The standard InChI is InChI=1S/C18H16N8O/c1-11-24-17(27-25-11)12-6-18(7-12,3-4-19)26-9-13(8-23-26)15-14-2-5-20-16(14)22-10-21-15/h2,5,8-10,12H,3,6-7H2,1H3,(H,20,21,22)/t12-,18+. The number of aryl methyl sites for hydroxylation is 1. The maximum Gasteiger partial charge on any atom is 0.229 e. The Labute approximate surface area is 154 Å². The normalized spacial score (nSPS) is 21.9. The van der Waals surface area contributed by atoms with Crippen LogP contribution in [0.25, 0.3) is 22.3 Å². The highest BCUT2D eigenvalue weighted by molar-refractivity contribution is 5.89. The third-order valence-electron chi connectivity index (χ3n) is 5.25. The summed E-state index contributed by atoms with van der Waals surface area (Å²) in [5.74, 6) is 1.42. The van der Waals surface area contributed by atoms with E-state index in [1.807, 2.05) is 23.1 Å². The zero-order chi connectivity index (χ0) is 18.4. The molecular formula is C18H16N8O. The van der Waals surface area contributed by atoms with Crippen LogP contribution in [-0.4, -0.2) is 34.9 Å². The van der Waals surface area contributed by atoms with E-state index in [0.717, 1.165) is 35.1 Å². The van der Waals surface area contributed by atoms with Crippen molar-refractivity contribution in [2.75, 3.05) is 0 Å². The van der Waals surface area contributed by atoms with Gasteiger partial charge in [0.05, 0.1) is 29.9 Å². The summed E-state index contributed by atoms with van der Waals surface area (Å²) in [5, 5.41) is 18.7. The minimum absolute atomic E-state index is 0.155. The fourth-order valence-electron chi connectivity index (χ4n) is 3.88. The largest absolute Gasteiger partial charge is 0.346 e. The molecule has 1 aliphatic carbocycles. The summed E-state index contributed by atoms with van der Waals surface area (Å²) >= 11 is 0. The summed E-state index contributed by atoms with van der Waals surface area (Å²) in [6.45, 7) is 1.80. The second kappa shape index (κ2) is 5.74. The molecule has 9 heteroatoms. The summed E-state index contributed by atoms with van der Waals surface area (Å²) in [5.41, 5.74) is 2.15. The molecular weight excluding hydrogens is 344 g/mol. The Bertz CT molecular complexity index is 1160. The van der Waals surface area contributed by atoms with Gasteiger partial charge in [-0.1, -0.05) is 5.16 Å². The molecule has 0 saturated heterocycles. The third-order valence-corrected chi connectivity index (χ3v) is 5.25. The van der Waals surface area contributed by atoms with Gasteiger partial charge in [-0.15, -0.1) is 0 Å². The van der Waals surface area contributed by atoms with E-state index in [1.54, 1.807) is 13.1 Å². The van der Waals surface area contributed by atoms with Gasteiger partial charge < -0.3 is 9.51 Å². The van der Waals surface area contributed by atoms with Gasteiger partial charge >= 0.3 is 0 Å². The average molecular weight is 360 g/mol. The summed E-state index contributed by atoms with van der Waals surface area (Å²) < 4.78 is 7.19. The van der Waals surface area contributed by atoms with Gasteiger partial charge in [-0.2, -0.15) is 15.3 Å². The van der Waals surface area contributed by atoms with Crippen LogP contribution >= 0.6 is 0 Å². The Morgan fingerprint density at radius 2 is 2.30 bits per heavy atom. The van der Waals surface area contributed by atoms with Gasteiger partial charge in [-0.05, 0) is 25.8 Å². The molecule has 0 radical (unpaired) electrons. The van der Waals surface area contributed by atoms with Crippen LogP contribution < -0.4 is 0 Å². The maximum atomic E-state index is 9.36. The van der Waals surface area contributed by atoms with Gasteiger partial charge in [0.1, 0.15) is 12.0 Å². The van der Waals surface area contributed by atoms with Crippen molar-refractivity contribution in [1.29, 1.82) is 5.26 Å². The van der Waals surface area contributed by atoms with Crippen molar-refractivity contribution in [3.63, 3.8) is 0 Å². The molecule has 27 heavy (non-hydrogen) atoms. The number of aromatic nitrogens is 7. The molecule has 0 aromatic carbocycles. The van der Waals surface area contributed by atoms with Crippen LogP contribution in [0.2, 0.25) is 0 Å². The number of hydrogen-bond acceptors (Lipinski definition) is 7. The van der Waals surface area contributed by atoms with E-state index in [0.29, 0.717) is 18.1 Å². The molecule has 4 heterocycles. The first-order valence-electron chi connectivity index (χ1n) is 8.69. The second-order valence-electron chi connectivity index (χ2n) is 6.98. The topological polar surface area (TPSA) is 122 Å². The molecule has 0 amide bonds. The molecule has 4 aromatic heterocycles. The Hall–Kier alpha value is -3.54. The lowest BCUT2D eigenvalue weighted by atomic mass is 9.66. The molecule has 0 aliphatic heterocycles. The first kappa shape index (κ1) is 15.7. The second-order valence-corrected chi connectivity index (χ2v) is 6.98. The van der Waals surface area contributed by atoms with Crippen molar-refractivity contribution in [2.45, 2.75) is 37.6 Å². The Kier molecular flexibility index (Phi) is 3.33. The van der Waals surface area contributed by atoms with E-state index in [4.69, 9.17) is 4.52 Å². The summed E-state index contributed by atoms with van der Waals surface area (Å²) in [7, 11) is 0. The molecule has 1 fully saturated rings. The van der Waals surface area contributed by atoms with Crippen molar-refractivity contribution in [3.05, 3.63) is 42.7 Å². The highest BCUT2D eigenvalue weighted by Gasteiger charge is 2.49. The molecule has 9 nitrogen and oxygen atoms in total. The highest BCUT2D eigenvalue weighted by Crippen LogP contribution is 2.51. The molecule has 134 valence electrons. The molecule has 5 rings (SSSR count). The van der Waals surface area contributed by atoms with Crippen LogP contribution in [0.5, 0.6) is 0 Å². The monoisotopic (exact) mass is 360 g/mol. The lowest BCUT2D eigenvalue weighted by Gasteiger charge is -2.44. The summed E-state index contributed by atoms with van der Waals surface area (Å²) in [6.07, 6.45) is 8.99. The SMILES string of the molecule is Cc1noc([C@H]2C[C@@](CC#N)(n3cc(-c4ncnc5[nH]ccc45)cn3)C2)n1. The Morgan fingerprint density at radius 3 is 3.07 bits per heavy atom. The Balaban J connectivity index is 1.47. The molecule has 1 N–H and O–H groups in total. The van der Waals surface area contributed by atoms with E-state index >= 15 is 0 Å². The lowest BCUT2D eigenvalue weighted by Crippen LogP contribution is -2.45. The van der Waals surface area contributed by atoms with Crippen LogP contribution in [-0.2, 0) is 5.54 Å². The average Bonchev–Trinajstić information content (AvgIpc) is 3.37. The number of hydrogen-bond donors (Lipinski definition) is 1. The number of nitrogens with zero attached hydrogens (tertiary/aromatic N) is 7. The van der Waals surface area contributed by atoms with Gasteiger partial charge in [0.25, 0.3) is 0 Å². The number of fused-ring (bicyclic) bond motifs is 1. The van der Waals surface area contributed by atoms with Crippen LogP contribution in [0.3, 0.4) is 0 Å². The lowest BCUT2D eigenvalue weighted by molar-refractivity contribution is 0.0823. The van der Waals surface area contributed by atoms with Crippen molar-refractivity contribution in [1.82, 2.24) is 34.9 Å². The third kappa shape index (κ3) is 2.41. The van der Waals surface area contributed by atoms with Crippen molar-refractivity contribution in [3.8, 4) is 17.3 Å². The molecule has 0 bridgehead atoms. The van der Waals surface area contributed by atoms with E-state index in [9.17, 15) is 5.26 Å². The number of aromatic amines is 1. The first-order chi connectivity index (χ1) is 13.2. The molecule has 0 spiro atoms. The molecule has 0 unspecified atom stereocenters. The van der Waals surface area contributed by atoms with Crippen LogP contribution in [0.1, 0.15) is 36.9 Å². The van der Waals surface area contributed by atoms with E-state index in [-0.39, 0.29) is 11.5 Å². The molecule has 4 aromatic rings. The molecule has 0 atom stereocenters. The Morgan fingerprint density at radius 1 is 1.41 bits per heavy atom. The fourth-order valence-corrected chi connectivity index (χ4v) is 3.88. The van der Waals surface area contributed by atoms with Gasteiger partial charge in [-0.25, -0.2) is 9.97 Å². The van der Waals surface area contributed by atoms with Crippen LogP contribution in [0.15, 0.2) is 35.5 Å². The number of rotatable bonds is 4. The van der Waals surface area contributed by atoms with Crippen molar-refractivity contribution in [2.24, 2.45) is 0 Å². The zero-order valence-electron chi connectivity index (χ0n) is 14.6. The van der Waals surface area contributed by atoms with Crippen LogP contribution in [0, 0.1) is 18.3 Å². The molecule has 1 aliphatic rings. The smallest absolute Gasteiger partial charge is 0.229 e. The van der Waals surface area contributed by atoms with E-state index in [2.05, 4.69) is 36.3 Å². The van der Waals surface area contributed by atoms with Crippen LogP contribution in [0.4, 0.5) is 0 Å². The zero-order valence-corrected chi connectivity index (χ0v) is 14.6. The molecule has 1 saturated carbocycles. The number of H-pyrrole nitrogens is 1. The summed E-state index contributed by atoms with van der Waals surface area (Å²) in [4.78, 5) is 16.1. The quantitative estimate of drug-likeness (QED) is 0.593. The minimum atomic E-state index is -0.357. The summed E-state index contributed by atoms with van der Waals surface area (Å²) in [6, 6.07) is 4.25. The van der Waals surface area contributed by atoms with Gasteiger partial charge in [-0.3, -0.25) is 4.68 Å². The highest BCUT2D eigenvalue weighted by atomic mass is 16.5. The van der Waals surface area contributed by atoms with Gasteiger partial charge in [0.15, 0.2) is 5.82 Å². The van der Waals surface area contributed by atoms with Crippen molar-refractivity contribution < 1.29 is 4.52 Å². The van der Waals surface area contributed by atoms with E-state index in [1.165, 1.54) is 6.33 Å². The fraction of sp³-hybridized carbons (Fsp3) is 0.333. The predicted molar refractivity (Wildman–Crippen MR) is 94.3 cm³/mol. The number of nitrogens with one attached hydrogen (secondary N) is 1. The van der Waals surface area contributed by atoms with E-state index < -0.39 is 0 Å². The predicted octanol–water partition coefficient (Wildman–Crippen LogP) is 2.70. The minimum Gasteiger partial charge on any atom is -0.346 e.